The summed E-state index contributed by atoms with van der Waals surface area (Å²) >= 11 is 0. The lowest BCUT2D eigenvalue weighted by Crippen LogP contribution is -2.20. The van der Waals surface area contributed by atoms with Crippen molar-refractivity contribution < 1.29 is 14.3 Å². The fraction of sp³-hybridized carbons (Fsp3) is 0.818. The summed E-state index contributed by atoms with van der Waals surface area (Å²) in [7, 11) is 1.34. The van der Waals surface area contributed by atoms with Crippen molar-refractivity contribution in [2.24, 2.45) is 11.3 Å². The fourth-order valence-corrected chi connectivity index (χ4v) is 1.29. The van der Waals surface area contributed by atoms with E-state index in [0.29, 0.717) is 6.42 Å². The molecule has 0 N–H and O–H groups in total. The zero-order valence-corrected chi connectivity index (χ0v) is 9.72. The van der Waals surface area contributed by atoms with Crippen LogP contribution in [0.4, 0.5) is 0 Å². The number of ketones is 1. The summed E-state index contributed by atoms with van der Waals surface area (Å²) in [5, 5.41) is 0. The molecule has 0 aliphatic heterocycles. The van der Waals surface area contributed by atoms with Crippen LogP contribution in [0.5, 0.6) is 0 Å². The molecule has 0 aliphatic carbocycles. The molecule has 0 aromatic carbocycles. The van der Waals surface area contributed by atoms with E-state index >= 15 is 0 Å². The second kappa shape index (κ2) is 5.13. The third-order valence-corrected chi connectivity index (χ3v) is 1.86. The van der Waals surface area contributed by atoms with E-state index < -0.39 is 0 Å². The molecule has 0 saturated heterocycles. The molecule has 0 spiro atoms. The highest BCUT2D eigenvalue weighted by molar-refractivity contribution is 5.84. The van der Waals surface area contributed by atoms with Crippen molar-refractivity contribution in [1.82, 2.24) is 0 Å². The van der Waals surface area contributed by atoms with E-state index in [2.05, 4.69) is 4.74 Å². The monoisotopic (exact) mass is 200 g/mol. The summed E-state index contributed by atoms with van der Waals surface area (Å²) in [4.78, 5) is 22.5. The maximum absolute atomic E-state index is 11.5. The van der Waals surface area contributed by atoms with E-state index in [0.717, 1.165) is 0 Å². The zero-order chi connectivity index (χ0) is 11.4. The first kappa shape index (κ1) is 13.1. The molecule has 0 amide bonds. The van der Waals surface area contributed by atoms with Crippen LogP contribution in [-0.4, -0.2) is 18.9 Å². The van der Waals surface area contributed by atoms with Gasteiger partial charge in [-0.15, -0.1) is 0 Å². The molecule has 0 aromatic heterocycles. The quantitative estimate of drug-likeness (QED) is 0.653. The number of esters is 1. The predicted octanol–water partition coefficient (Wildman–Crippen LogP) is 2.19. The van der Waals surface area contributed by atoms with E-state index in [1.54, 1.807) is 6.92 Å². The Labute approximate surface area is 85.8 Å². The van der Waals surface area contributed by atoms with Crippen molar-refractivity contribution in [3.05, 3.63) is 0 Å². The summed E-state index contributed by atoms with van der Waals surface area (Å²) in [6.07, 6.45) is 0.790. The highest BCUT2D eigenvalue weighted by Gasteiger charge is 2.21. The number of Topliss-reactive ketones (excluding diaryl/α,β-unsaturated/α-hetero) is 1. The Morgan fingerprint density at radius 3 is 2.14 bits per heavy atom. The number of carbonyl (C=O) groups excluding carboxylic acids is 2. The Kier molecular flexibility index (Phi) is 4.81. The second-order valence-electron chi connectivity index (χ2n) is 4.90. The number of hydrogen-bond acceptors (Lipinski definition) is 3. The SMILES string of the molecule is COC(=O)C(C)CC(=O)CC(C)(C)C. The molecule has 0 saturated carbocycles. The first-order valence-electron chi connectivity index (χ1n) is 4.86. The molecule has 82 valence electrons. The van der Waals surface area contributed by atoms with Gasteiger partial charge in [0.15, 0.2) is 0 Å². The Balaban J connectivity index is 4.01. The maximum atomic E-state index is 11.5. The zero-order valence-electron chi connectivity index (χ0n) is 9.72. The van der Waals surface area contributed by atoms with E-state index in [4.69, 9.17) is 0 Å². The van der Waals surface area contributed by atoms with Gasteiger partial charge < -0.3 is 4.74 Å². The van der Waals surface area contributed by atoms with Crippen LogP contribution in [-0.2, 0) is 14.3 Å². The minimum atomic E-state index is -0.324. The number of rotatable bonds is 4. The molecule has 0 aromatic rings. The largest absolute Gasteiger partial charge is 0.469 e. The molecule has 0 fully saturated rings. The highest BCUT2D eigenvalue weighted by Crippen LogP contribution is 2.21. The summed E-state index contributed by atoms with van der Waals surface area (Å²) in [6.45, 7) is 7.74. The number of hydrogen-bond donors (Lipinski definition) is 0. The summed E-state index contributed by atoms with van der Waals surface area (Å²) < 4.78 is 4.55. The topological polar surface area (TPSA) is 43.4 Å². The molecule has 3 nitrogen and oxygen atoms in total. The first-order valence-corrected chi connectivity index (χ1v) is 4.86. The molecule has 0 bridgehead atoms. The van der Waals surface area contributed by atoms with Gasteiger partial charge in [-0.3, -0.25) is 9.59 Å². The van der Waals surface area contributed by atoms with Crippen LogP contribution in [0.1, 0.15) is 40.5 Å². The Morgan fingerprint density at radius 2 is 1.79 bits per heavy atom. The van der Waals surface area contributed by atoms with Crippen LogP contribution < -0.4 is 0 Å². The average Bonchev–Trinajstić information content (AvgIpc) is 1.99. The predicted molar refractivity (Wildman–Crippen MR) is 54.9 cm³/mol. The molecule has 14 heavy (non-hydrogen) atoms. The van der Waals surface area contributed by atoms with Crippen molar-refractivity contribution in [2.45, 2.75) is 40.5 Å². The van der Waals surface area contributed by atoms with E-state index in [1.165, 1.54) is 7.11 Å². The molecule has 0 radical (unpaired) electrons. The lowest BCUT2D eigenvalue weighted by molar-refractivity contribution is -0.146. The Hall–Kier alpha value is -0.860. The highest BCUT2D eigenvalue weighted by atomic mass is 16.5. The van der Waals surface area contributed by atoms with Crippen LogP contribution >= 0.6 is 0 Å². The normalized spacial score (nSPS) is 13.5. The molecule has 1 atom stereocenters. The van der Waals surface area contributed by atoms with Gasteiger partial charge in [0.25, 0.3) is 0 Å². The minimum absolute atomic E-state index is 0.00702. The van der Waals surface area contributed by atoms with E-state index in [-0.39, 0.29) is 29.5 Å². The number of carbonyl (C=O) groups is 2. The second-order valence-corrected chi connectivity index (χ2v) is 4.90. The Morgan fingerprint density at radius 1 is 1.29 bits per heavy atom. The van der Waals surface area contributed by atoms with Gasteiger partial charge in [0.2, 0.25) is 0 Å². The smallest absolute Gasteiger partial charge is 0.308 e. The summed E-state index contributed by atoms with van der Waals surface area (Å²) in [5.74, 6) is -0.516. The van der Waals surface area contributed by atoms with Crippen molar-refractivity contribution in [1.29, 1.82) is 0 Å². The summed E-state index contributed by atoms with van der Waals surface area (Å²) in [6, 6.07) is 0. The molecular formula is C11H20O3. The van der Waals surface area contributed by atoms with Gasteiger partial charge in [-0.25, -0.2) is 0 Å². The van der Waals surface area contributed by atoms with Crippen LogP contribution in [0.25, 0.3) is 0 Å². The maximum Gasteiger partial charge on any atom is 0.308 e. The van der Waals surface area contributed by atoms with Crippen LogP contribution in [0.15, 0.2) is 0 Å². The summed E-state index contributed by atoms with van der Waals surface area (Å²) in [5.41, 5.74) is -0.00702. The van der Waals surface area contributed by atoms with E-state index in [1.807, 2.05) is 20.8 Å². The lowest BCUT2D eigenvalue weighted by Gasteiger charge is -2.17. The lowest BCUT2D eigenvalue weighted by atomic mass is 9.87. The van der Waals surface area contributed by atoms with Gasteiger partial charge in [0.1, 0.15) is 5.78 Å². The van der Waals surface area contributed by atoms with Crippen LogP contribution in [0.2, 0.25) is 0 Å². The third-order valence-electron chi connectivity index (χ3n) is 1.86. The van der Waals surface area contributed by atoms with Crippen molar-refractivity contribution in [2.75, 3.05) is 7.11 Å². The van der Waals surface area contributed by atoms with Crippen molar-refractivity contribution >= 4 is 11.8 Å². The Bertz CT molecular complexity index is 213. The van der Waals surface area contributed by atoms with Gasteiger partial charge in [-0.2, -0.15) is 0 Å². The third kappa shape index (κ3) is 5.73. The minimum Gasteiger partial charge on any atom is -0.469 e. The van der Waals surface area contributed by atoms with Gasteiger partial charge in [0, 0.05) is 12.8 Å². The standard InChI is InChI=1S/C11H20O3/c1-8(10(13)14-5)6-9(12)7-11(2,3)4/h8H,6-7H2,1-5H3. The van der Waals surface area contributed by atoms with E-state index in [9.17, 15) is 9.59 Å². The van der Waals surface area contributed by atoms with Gasteiger partial charge >= 0.3 is 5.97 Å². The van der Waals surface area contributed by atoms with Crippen LogP contribution in [0.3, 0.4) is 0 Å². The van der Waals surface area contributed by atoms with Crippen LogP contribution in [0, 0.1) is 11.3 Å². The van der Waals surface area contributed by atoms with Crippen molar-refractivity contribution in [3.63, 3.8) is 0 Å². The molecular weight excluding hydrogens is 180 g/mol. The number of ether oxygens (including phenoxy) is 1. The molecule has 0 aliphatic rings. The molecule has 3 heteroatoms. The average molecular weight is 200 g/mol. The molecule has 0 heterocycles. The van der Waals surface area contributed by atoms with Gasteiger partial charge in [-0.1, -0.05) is 27.7 Å². The fourth-order valence-electron chi connectivity index (χ4n) is 1.29. The van der Waals surface area contributed by atoms with Crippen molar-refractivity contribution in [3.8, 4) is 0 Å². The molecule has 0 rings (SSSR count). The first-order chi connectivity index (χ1) is 6.26. The van der Waals surface area contributed by atoms with Gasteiger partial charge in [0.05, 0.1) is 13.0 Å². The van der Waals surface area contributed by atoms with Gasteiger partial charge in [-0.05, 0) is 5.41 Å². The molecule has 1 unspecified atom stereocenters. The number of methoxy groups -OCH3 is 1.